The van der Waals surface area contributed by atoms with Crippen LogP contribution in [0, 0.1) is 5.92 Å². The number of primary amides is 1. The molecule has 0 heterocycles. The van der Waals surface area contributed by atoms with Crippen LogP contribution in [-0.4, -0.2) is 30.6 Å². The number of nitrogens with one attached hydrogen (secondary N) is 1. The number of carbonyl (C=O) groups is 2. The van der Waals surface area contributed by atoms with Gasteiger partial charge in [-0.05, 0) is 19.3 Å². The van der Waals surface area contributed by atoms with Gasteiger partial charge in [0.25, 0.3) is 0 Å². The first kappa shape index (κ1) is 14.9. The third kappa shape index (κ3) is 2.95. The van der Waals surface area contributed by atoms with E-state index in [-0.39, 0.29) is 11.8 Å². The van der Waals surface area contributed by atoms with E-state index in [1.807, 2.05) is 20.8 Å². The lowest BCUT2D eigenvalue weighted by molar-refractivity contribution is -0.138. The molecule has 0 rings (SSSR count). The number of rotatable bonds is 6. The van der Waals surface area contributed by atoms with Crippen LogP contribution < -0.4 is 11.1 Å². The summed E-state index contributed by atoms with van der Waals surface area (Å²) in [4.78, 5) is 23.2. The molecule has 16 heavy (non-hydrogen) atoms. The molecular formula is C11H22N2O3. The van der Waals surface area contributed by atoms with Gasteiger partial charge in [-0.15, -0.1) is 0 Å². The van der Waals surface area contributed by atoms with E-state index < -0.39 is 17.6 Å². The molecule has 0 aliphatic carbocycles. The van der Waals surface area contributed by atoms with Gasteiger partial charge in [-0.25, -0.2) is 0 Å². The van der Waals surface area contributed by atoms with Gasteiger partial charge in [-0.1, -0.05) is 20.8 Å². The van der Waals surface area contributed by atoms with Crippen LogP contribution in [0.5, 0.6) is 0 Å². The average molecular weight is 230 g/mol. The van der Waals surface area contributed by atoms with E-state index in [0.29, 0.717) is 6.42 Å². The zero-order valence-electron chi connectivity index (χ0n) is 10.7. The Kier molecular flexibility index (Phi) is 5.44. The Bertz CT molecular complexity index is 266. The second-order valence-corrected chi connectivity index (χ2v) is 4.21. The van der Waals surface area contributed by atoms with Crippen LogP contribution in [0.2, 0.25) is 0 Å². The number of hydrogen-bond donors (Lipinski definition) is 2. The highest BCUT2D eigenvalue weighted by Crippen LogP contribution is 2.21. The molecule has 0 unspecified atom stereocenters. The smallest absolute Gasteiger partial charge is 0.249 e. The van der Waals surface area contributed by atoms with Gasteiger partial charge >= 0.3 is 0 Å². The molecule has 0 aliphatic heterocycles. The quantitative estimate of drug-likeness (QED) is 0.694. The van der Waals surface area contributed by atoms with Crippen LogP contribution in [0.3, 0.4) is 0 Å². The van der Waals surface area contributed by atoms with E-state index in [1.54, 1.807) is 6.92 Å². The van der Waals surface area contributed by atoms with Crippen LogP contribution in [0.25, 0.3) is 0 Å². The van der Waals surface area contributed by atoms with Crippen LogP contribution in [-0.2, 0) is 14.3 Å². The molecule has 0 aromatic rings. The molecule has 3 N–H and O–H groups in total. The van der Waals surface area contributed by atoms with Crippen molar-refractivity contribution < 1.29 is 14.3 Å². The van der Waals surface area contributed by atoms with Crippen molar-refractivity contribution in [1.82, 2.24) is 5.32 Å². The normalized spacial score (nSPS) is 16.6. The van der Waals surface area contributed by atoms with Gasteiger partial charge < -0.3 is 15.8 Å². The Labute approximate surface area is 96.7 Å². The highest BCUT2D eigenvalue weighted by Gasteiger charge is 2.40. The SMILES string of the molecule is CC[C@](NC(=O)[C@H](C)OC)(C(N)=O)C(C)C. The number of hydrogen-bond acceptors (Lipinski definition) is 3. The Balaban J connectivity index is 4.94. The van der Waals surface area contributed by atoms with E-state index in [4.69, 9.17) is 10.5 Å². The van der Waals surface area contributed by atoms with Crippen molar-refractivity contribution in [2.75, 3.05) is 7.11 Å². The summed E-state index contributed by atoms with van der Waals surface area (Å²) in [6, 6.07) is 0. The Morgan fingerprint density at radius 2 is 1.88 bits per heavy atom. The highest BCUT2D eigenvalue weighted by molar-refractivity contribution is 5.92. The monoisotopic (exact) mass is 230 g/mol. The molecular weight excluding hydrogens is 208 g/mol. The van der Waals surface area contributed by atoms with Crippen molar-refractivity contribution in [3.05, 3.63) is 0 Å². The fourth-order valence-electron chi connectivity index (χ4n) is 1.59. The second-order valence-electron chi connectivity index (χ2n) is 4.21. The minimum Gasteiger partial charge on any atom is -0.372 e. The maximum Gasteiger partial charge on any atom is 0.249 e. The predicted octanol–water partition coefficient (Wildman–Crippen LogP) is 0.428. The molecule has 5 heteroatoms. The maximum absolute atomic E-state index is 11.7. The maximum atomic E-state index is 11.7. The van der Waals surface area contributed by atoms with Gasteiger partial charge in [0.05, 0.1) is 0 Å². The van der Waals surface area contributed by atoms with Crippen molar-refractivity contribution in [1.29, 1.82) is 0 Å². The summed E-state index contributed by atoms with van der Waals surface area (Å²) in [5.74, 6) is -0.901. The predicted molar refractivity (Wildman–Crippen MR) is 61.7 cm³/mol. The Morgan fingerprint density at radius 1 is 1.38 bits per heavy atom. The second kappa shape index (κ2) is 5.84. The van der Waals surface area contributed by atoms with E-state index in [1.165, 1.54) is 7.11 Å². The largest absolute Gasteiger partial charge is 0.372 e. The summed E-state index contributed by atoms with van der Waals surface area (Å²) >= 11 is 0. The number of carbonyl (C=O) groups excluding carboxylic acids is 2. The fourth-order valence-corrected chi connectivity index (χ4v) is 1.59. The van der Waals surface area contributed by atoms with E-state index >= 15 is 0 Å². The summed E-state index contributed by atoms with van der Waals surface area (Å²) in [7, 11) is 1.44. The first-order valence-electron chi connectivity index (χ1n) is 5.46. The summed E-state index contributed by atoms with van der Waals surface area (Å²) in [5, 5.41) is 2.69. The molecule has 0 aromatic heterocycles. The van der Waals surface area contributed by atoms with Crippen LogP contribution in [0.1, 0.15) is 34.1 Å². The zero-order chi connectivity index (χ0) is 12.9. The molecule has 0 saturated heterocycles. The van der Waals surface area contributed by atoms with Gasteiger partial charge in [-0.2, -0.15) is 0 Å². The molecule has 2 amide bonds. The van der Waals surface area contributed by atoms with Crippen molar-refractivity contribution in [2.45, 2.75) is 45.8 Å². The van der Waals surface area contributed by atoms with Crippen molar-refractivity contribution >= 4 is 11.8 Å². The van der Waals surface area contributed by atoms with Gasteiger partial charge in [-0.3, -0.25) is 9.59 Å². The lowest BCUT2D eigenvalue weighted by Gasteiger charge is -2.35. The standard InChI is InChI=1S/C11H22N2O3/c1-6-11(7(2)3,10(12)15)13-9(14)8(4)16-5/h7-8H,6H2,1-5H3,(H2,12,15)(H,13,14)/t8-,11+/m0/s1. The first-order chi connectivity index (χ1) is 7.31. The number of nitrogens with two attached hydrogens (primary N) is 1. The van der Waals surface area contributed by atoms with Gasteiger partial charge in [0.1, 0.15) is 11.6 Å². The molecule has 94 valence electrons. The van der Waals surface area contributed by atoms with Gasteiger partial charge in [0.15, 0.2) is 0 Å². The molecule has 0 saturated carbocycles. The van der Waals surface area contributed by atoms with Crippen molar-refractivity contribution in [2.24, 2.45) is 11.7 Å². The Morgan fingerprint density at radius 3 is 2.12 bits per heavy atom. The van der Waals surface area contributed by atoms with E-state index in [9.17, 15) is 9.59 Å². The molecule has 0 radical (unpaired) electrons. The van der Waals surface area contributed by atoms with Crippen molar-refractivity contribution in [3.8, 4) is 0 Å². The summed E-state index contributed by atoms with van der Waals surface area (Å²) in [5.41, 5.74) is 4.38. The lowest BCUT2D eigenvalue weighted by atomic mass is 9.83. The summed E-state index contributed by atoms with van der Waals surface area (Å²) in [6.45, 7) is 7.15. The molecule has 0 spiro atoms. The Hall–Kier alpha value is -1.10. The zero-order valence-corrected chi connectivity index (χ0v) is 10.7. The number of amides is 2. The minimum atomic E-state index is -0.996. The van der Waals surface area contributed by atoms with Crippen molar-refractivity contribution in [3.63, 3.8) is 0 Å². The molecule has 2 atom stereocenters. The number of ether oxygens (including phenoxy) is 1. The molecule has 0 aromatic carbocycles. The van der Waals surface area contributed by atoms with Gasteiger partial charge in [0, 0.05) is 7.11 Å². The minimum absolute atomic E-state index is 0.0667. The first-order valence-corrected chi connectivity index (χ1v) is 5.46. The summed E-state index contributed by atoms with van der Waals surface area (Å²) < 4.78 is 4.90. The summed E-state index contributed by atoms with van der Waals surface area (Å²) in [6.07, 6.45) is -0.133. The molecule has 0 bridgehead atoms. The number of methoxy groups -OCH3 is 1. The van der Waals surface area contributed by atoms with E-state index in [2.05, 4.69) is 5.32 Å². The lowest BCUT2D eigenvalue weighted by Crippen LogP contribution is -2.62. The average Bonchev–Trinajstić information content (AvgIpc) is 2.23. The topological polar surface area (TPSA) is 81.4 Å². The van der Waals surface area contributed by atoms with Gasteiger partial charge in [0.2, 0.25) is 11.8 Å². The van der Waals surface area contributed by atoms with Crippen LogP contribution in [0.15, 0.2) is 0 Å². The van der Waals surface area contributed by atoms with E-state index in [0.717, 1.165) is 0 Å². The molecule has 0 aliphatic rings. The van der Waals surface area contributed by atoms with Crippen LogP contribution >= 0.6 is 0 Å². The highest BCUT2D eigenvalue weighted by atomic mass is 16.5. The molecule has 5 nitrogen and oxygen atoms in total. The fraction of sp³-hybridized carbons (Fsp3) is 0.818. The third-order valence-electron chi connectivity index (χ3n) is 3.05. The van der Waals surface area contributed by atoms with Crippen LogP contribution in [0.4, 0.5) is 0 Å². The third-order valence-corrected chi connectivity index (χ3v) is 3.05. The molecule has 0 fully saturated rings.